The number of anilines is 1. The van der Waals surface area contributed by atoms with Crippen LogP contribution in [0, 0.1) is 13.8 Å². The zero-order chi connectivity index (χ0) is 21.9. The molecule has 2 N–H and O–H groups in total. The number of methoxy groups -OCH3 is 1. The lowest BCUT2D eigenvalue weighted by Crippen LogP contribution is -2.32. The SMILES string of the molecule is COC(=O)c1c(C(=O)Nc2ccc(Cl)cc2)c(C)n(NC(=O)OC(C)(C)C)c1C. The molecule has 29 heavy (non-hydrogen) atoms. The number of rotatable bonds is 4. The van der Waals surface area contributed by atoms with Crippen molar-refractivity contribution in [1.29, 1.82) is 0 Å². The third-order valence-corrected chi connectivity index (χ3v) is 4.22. The molecule has 2 aromatic rings. The van der Waals surface area contributed by atoms with E-state index in [1.807, 2.05) is 0 Å². The number of hydrogen-bond donors (Lipinski definition) is 2. The molecule has 9 heteroatoms. The summed E-state index contributed by atoms with van der Waals surface area (Å²) in [5.41, 5.74) is 3.16. The van der Waals surface area contributed by atoms with Crippen molar-refractivity contribution in [2.45, 2.75) is 40.2 Å². The molecule has 1 aromatic heterocycles. The van der Waals surface area contributed by atoms with Gasteiger partial charge in [-0.3, -0.25) is 9.47 Å². The molecular formula is C20H24ClN3O5. The number of ether oxygens (including phenoxy) is 2. The molecule has 0 aliphatic carbocycles. The van der Waals surface area contributed by atoms with Crippen molar-refractivity contribution in [2.75, 3.05) is 17.9 Å². The molecule has 0 saturated carbocycles. The number of nitrogens with zero attached hydrogens (tertiary/aromatic N) is 1. The van der Waals surface area contributed by atoms with E-state index < -0.39 is 23.6 Å². The molecule has 0 fully saturated rings. The highest BCUT2D eigenvalue weighted by Gasteiger charge is 2.29. The van der Waals surface area contributed by atoms with E-state index >= 15 is 0 Å². The maximum atomic E-state index is 12.9. The number of nitrogens with one attached hydrogen (secondary N) is 2. The zero-order valence-electron chi connectivity index (χ0n) is 17.2. The quantitative estimate of drug-likeness (QED) is 0.718. The molecule has 8 nitrogen and oxygen atoms in total. The van der Waals surface area contributed by atoms with Gasteiger partial charge < -0.3 is 14.8 Å². The average Bonchev–Trinajstić information content (AvgIpc) is 2.86. The first-order chi connectivity index (χ1) is 13.4. The van der Waals surface area contributed by atoms with Crippen LogP contribution in [0.25, 0.3) is 0 Å². The van der Waals surface area contributed by atoms with Crippen LogP contribution < -0.4 is 10.7 Å². The van der Waals surface area contributed by atoms with Gasteiger partial charge in [0.15, 0.2) is 0 Å². The number of aromatic nitrogens is 1. The van der Waals surface area contributed by atoms with Gasteiger partial charge in [-0.2, -0.15) is 0 Å². The molecule has 0 saturated heterocycles. The van der Waals surface area contributed by atoms with E-state index in [-0.39, 0.29) is 11.1 Å². The number of carbonyl (C=O) groups is 3. The number of benzene rings is 1. The molecule has 0 aliphatic heterocycles. The van der Waals surface area contributed by atoms with Crippen LogP contribution in [0.3, 0.4) is 0 Å². The van der Waals surface area contributed by atoms with Crippen LogP contribution >= 0.6 is 11.6 Å². The Morgan fingerprint density at radius 2 is 1.55 bits per heavy atom. The topological polar surface area (TPSA) is 98.7 Å². The Kier molecular flexibility index (Phi) is 6.58. The van der Waals surface area contributed by atoms with Crippen LogP contribution in [0.1, 0.15) is 52.9 Å². The summed E-state index contributed by atoms with van der Waals surface area (Å²) in [6.07, 6.45) is -0.722. The van der Waals surface area contributed by atoms with Crippen molar-refractivity contribution in [3.63, 3.8) is 0 Å². The lowest BCUT2D eigenvalue weighted by Gasteiger charge is -2.21. The van der Waals surface area contributed by atoms with Gasteiger partial charge in [0.1, 0.15) is 5.60 Å². The van der Waals surface area contributed by atoms with Crippen LogP contribution in [-0.4, -0.2) is 35.4 Å². The van der Waals surface area contributed by atoms with Crippen molar-refractivity contribution >= 4 is 35.3 Å². The Balaban J connectivity index is 2.44. The fourth-order valence-corrected chi connectivity index (χ4v) is 2.88. The maximum absolute atomic E-state index is 12.9. The first kappa shape index (κ1) is 22.3. The Morgan fingerprint density at radius 1 is 1.00 bits per heavy atom. The molecule has 1 heterocycles. The zero-order valence-corrected chi connectivity index (χ0v) is 17.9. The second kappa shape index (κ2) is 8.57. The highest BCUT2D eigenvalue weighted by Crippen LogP contribution is 2.24. The van der Waals surface area contributed by atoms with E-state index in [4.69, 9.17) is 21.1 Å². The van der Waals surface area contributed by atoms with E-state index in [0.717, 1.165) is 0 Å². The third kappa shape index (κ3) is 5.29. The smallest absolute Gasteiger partial charge is 0.426 e. The number of hydrogen-bond acceptors (Lipinski definition) is 5. The van der Waals surface area contributed by atoms with Crippen molar-refractivity contribution in [3.8, 4) is 0 Å². The van der Waals surface area contributed by atoms with E-state index in [9.17, 15) is 14.4 Å². The van der Waals surface area contributed by atoms with Gasteiger partial charge in [0.2, 0.25) is 0 Å². The predicted molar refractivity (Wildman–Crippen MR) is 110 cm³/mol. The van der Waals surface area contributed by atoms with Crippen LogP contribution in [-0.2, 0) is 9.47 Å². The molecule has 0 bridgehead atoms. The Bertz CT molecular complexity index is 943. The Morgan fingerprint density at radius 3 is 2.07 bits per heavy atom. The number of carbonyl (C=O) groups excluding carboxylic acids is 3. The Hall–Kier alpha value is -3.00. The predicted octanol–water partition coefficient (Wildman–Crippen LogP) is 4.28. The first-order valence-electron chi connectivity index (χ1n) is 8.81. The van der Waals surface area contributed by atoms with Gasteiger partial charge in [-0.15, -0.1) is 0 Å². The van der Waals surface area contributed by atoms with E-state index in [2.05, 4.69) is 10.7 Å². The van der Waals surface area contributed by atoms with Gasteiger partial charge >= 0.3 is 12.1 Å². The minimum Gasteiger partial charge on any atom is -0.465 e. The molecule has 0 aliphatic rings. The second-order valence-electron chi connectivity index (χ2n) is 7.32. The van der Waals surface area contributed by atoms with Crippen LogP contribution in [0.4, 0.5) is 10.5 Å². The fourth-order valence-electron chi connectivity index (χ4n) is 2.75. The molecular weight excluding hydrogens is 398 g/mol. The number of amides is 2. The van der Waals surface area contributed by atoms with Gasteiger partial charge in [-0.25, -0.2) is 15.0 Å². The van der Waals surface area contributed by atoms with E-state index in [0.29, 0.717) is 22.1 Å². The van der Waals surface area contributed by atoms with Crippen LogP contribution in [0.2, 0.25) is 5.02 Å². The van der Waals surface area contributed by atoms with E-state index in [1.54, 1.807) is 58.9 Å². The summed E-state index contributed by atoms with van der Waals surface area (Å²) in [6.45, 7) is 8.38. The molecule has 1 aromatic carbocycles. The fraction of sp³-hybridized carbons (Fsp3) is 0.350. The minimum atomic E-state index is -0.722. The third-order valence-electron chi connectivity index (χ3n) is 3.97. The lowest BCUT2D eigenvalue weighted by molar-refractivity contribution is 0.0587. The standard InChI is InChI=1S/C20H24ClN3O5/c1-11-15(17(25)22-14-9-7-13(21)8-10-14)16(18(26)28-6)12(2)24(11)23-19(27)29-20(3,4)5/h7-10H,1-6H3,(H,22,25)(H,23,27). The first-order valence-corrected chi connectivity index (χ1v) is 9.19. The summed E-state index contributed by atoms with van der Waals surface area (Å²) in [5.74, 6) is -1.23. The summed E-state index contributed by atoms with van der Waals surface area (Å²) in [4.78, 5) is 37.5. The molecule has 0 atom stereocenters. The molecule has 2 rings (SSSR count). The van der Waals surface area contributed by atoms with Crippen molar-refractivity contribution in [2.24, 2.45) is 0 Å². The van der Waals surface area contributed by atoms with E-state index in [1.165, 1.54) is 11.8 Å². The highest BCUT2D eigenvalue weighted by atomic mass is 35.5. The normalized spacial score (nSPS) is 11.0. The summed E-state index contributed by atoms with van der Waals surface area (Å²) in [6, 6.07) is 6.53. The summed E-state index contributed by atoms with van der Waals surface area (Å²) < 4.78 is 11.4. The Labute approximate surface area is 174 Å². The number of esters is 1. The van der Waals surface area contributed by atoms with Crippen LogP contribution in [0.15, 0.2) is 24.3 Å². The number of halogens is 1. The molecule has 2 amide bonds. The highest BCUT2D eigenvalue weighted by molar-refractivity contribution is 6.30. The van der Waals surface area contributed by atoms with Crippen molar-refractivity contribution < 1.29 is 23.9 Å². The van der Waals surface area contributed by atoms with Crippen LogP contribution in [0.5, 0.6) is 0 Å². The van der Waals surface area contributed by atoms with Gasteiger partial charge in [0.05, 0.1) is 29.6 Å². The minimum absolute atomic E-state index is 0.0486. The molecule has 156 valence electrons. The maximum Gasteiger partial charge on any atom is 0.426 e. The average molecular weight is 422 g/mol. The summed E-state index contributed by atoms with van der Waals surface area (Å²) in [5, 5.41) is 3.24. The van der Waals surface area contributed by atoms with Crippen molar-refractivity contribution in [3.05, 3.63) is 51.8 Å². The van der Waals surface area contributed by atoms with Gasteiger partial charge in [-0.1, -0.05) is 11.6 Å². The van der Waals surface area contributed by atoms with Gasteiger partial charge in [0, 0.05) is 10.7 Å². The summed E-state index contributed by atoms with van der Waals surface area (Å²) in [7, 11) is 1.22. The lowest BCUT2D eigenvalue weighted by atomic mass is 10.1. The monoisotopic (exact) mass is 421 g/mol. The van der Waals surface area contributed by atoms with Gasteiger partial charge in [-0.05, 0) is 58.9 Å². The largest absolute Gasteiger partial charge is 0.465 e. The molecule has 0 spiro atoms. The summed E-state index contributed by atoms with van der Waals surface area (Å²) >= 11 is 5.87. The second-order valence-corrected chi connectivity index (χ2v) is 7.76. The molecule has 0 radical (unpaired) electrons. The van der Waals surface area contributed by atoms with Crippen molar-refractivity contribution in [1.82, 2.24) is 4.68 Å². The molecule has 0 unspecified atom stereocenters. The van der Waals surface area contributed by atoms with Gasteiger partial charge in [0.25, 0.3) is 5.91 Å².